The summed E-state index contributed by atoms with van der Waals surface area (Å²) < 4.78 is 24.1. The van der Waals surface area contributed by atoms with E-state index >= 15 is 0 Å². The molecule has 0 atom stereocenters. The van der Waals surface area contributed by atoms with Gasteiger partial charge in [0.2, 0.25) is 0 Å². The van der Waals surface area contributed by atoms with Crippen LogP contribution in [0.3, 0.4) is 0 Å². The summed E-state index contributed by atoms with van der Waals surface area (Å²) in [6.45, 7) is 0. The summed E-state index contributed by atoms with van der Waals surface area (Å²) in [5.74, 6) is 0.454. The van der Waals surface area contributed by atoms with Crippen molar-refractivity contribution in [1.29, 1.82) is 0 Å². The largest absolute Gasteiger partial charge is 0.300 e. The average molecular weight is 308 g/mol. The molecular formula is C13H10ClN3O2S. The lowest BCUT2D eigenvalue weighted by Gasteiger charge is -2.04. The van der Waals surface area contributed by atoms with Crippen LogP contribution >= 0.6 is 10.7 Å². The van der Waals surface area contributed by atoms with Crippen LogP contribution in [0.15, 0.2) is 47.6 Å². The summed E-state index contributed by atoms with van der Waals surface area (Å²) in [4.78, 5) is 0. The molecule has 5 nitrogen and oxygen atoms in total. The molecule has 0 amide bonds. The molecule has 0 saturated heterocycles. The van der Waals surface area contributed by atoms with Crippen LogP contribution in [-0.2, 0) is 16.1 Å². The van der Waals surface area contributed by atoms with E-state index in [0.29, 0.717) is 5.82 Å². The summed E-state index contributed by atoms with van der Waals surface area (Å²) in [6.07, 6.45) is 0. The Balaban J connectivity index is 2.19. The highest BCUT2D eigenvalue weighted by Crippen LogP contribution is 2.24. The first-order valence-corrected chi connectivity index (χ1v) is 8.11. The first-order chi connectivity index (χ1) is 9.47. The maximum Gasteiger partial charge on any atom is 0.296 e. The molecule has 0 aliphatic rings. The second kappa shape index (κ2) is 4.57. The van der Waals surface area contributed by atoms with Crippen molar-refractivity contribution in [2.75, 3.05) is 0 Å². The van der Waals surface area contributed by atoms with Gasteiger partial charge in [0.05, 0.1) is 0 Å². The molecule has 0 spiro atoms. The van der Waals surface area contributed by atoms with Crippen LogP contribution in [0.5, 0.6) is 0 Å². The third kappa shape index (κ3) is 2.17. The lowest BCUT2D eigenvalue weighted by Crippen LogP contribution is -2.02. The number of hydrogen-bond donors (Lipinski definition) is 0. The second-order valence-electron chi connectivity index (χ2n) is 4.36. The molecule has 0 radical (unpaired) electrons. The fourth-order valence-corrected chi connectivity index (χ4v) is 3.06. The summed E-state index contributed by atoms with van der Waals surface area (Å²) in [6, 6.07) is 13.6. The highest BCUT2D eigenvalue weighted by molar-refractivity contribution is 8.13. The van der Waals surface area contributed by atoms with Gasteiger partial charge in [-0.15, -0.1) is 10.2 Å². The Morgan fingerprint density at radius 1 is 1.05 bits per heavy atom. The van der Waals surface area contributed by atoms with Gasteiger partial charge in [0.1, 0.15) is 0 Å². The third-order valence-electron chi connectivity index (χ3n) is 3.06. The van der Waals surface area contributed by atoms with Crippen LogP contribution in [0.1, 0.15) is 0 Å². The summed E-state index contributed by atoms with van der Waals surface area (Å²) in [5.41, 5.74) is 0.783. The van der Waals surface area contributed by atoms with Gasteiger partial charge in [0.25, 0.3) is 14.2 Å². The third-order valence-corrected chi connectivity index (χ3v) is 4.27. The predicted molar refractivity (Wildman–Crippen MR) is 77.0 cm³/mol. The Hall–Kier alpha value is -1.92. The van der Waals surface area contributed by atoms with E-state index in [1.807, 2.05) is 42.5 Å². The molecule has 20 heavy (non-hydrogen) atoms. The Labute approximate surface area is 120 Å². The molecule has 0 fully saturated rings. The van der Waals surface area contributed by atoms with E-state index in [-0.39, 0.29) is 5.16 Å². The van der Waals surface area contributed by atoms with Crippen LogP contribution < -0.4 is 0 Å². The van der Waals surface area contributed by atoms with Crippen LogP contribution in [-0.4, -0.2) is 23.2 Å². The Morgan fingerprint density at radius 2 is 1.75 bits per heavy atom. The lowest BCUT2D eigenvalue weighted by molar-refractivity contribution is 0.593. The van der Waals surface area contributed by atoms with Gasteiger partial charge in [0, 0.05) is 23.3 Å². The van der Waals surface area contributed by atoms with Gasteiger partial charge in [-0.1, -0.05) is 36.4 Å². The maximum atomic E-state index is 11.4. The number of fused-ring (bicyclic) bond motifs is 1. The van der Waals surface area contributed by atoms with Crippen molar-refractivity contribution in [3.05, 3.63) is 42.5 Å². The first kappa shape index (κ1) is 13.1. The Kier molecular flexibility index (Phi) is 2.99. The number of hydrogen-bond acceptors (Lipinski definition) is 4. The van der Waals surface area contributed by atoms with E-state index in [1.165, 1.54) is 4.57 Å². The molecule has 0 N–H and O–H groups in total. The van der Waals surface area contributed by atoms with Crippen LogP contribution in [0, 0.1) is 0 Å². The van der Waals surface area contributed by atoms with Crippen LogP contribution in [0.4, 0.5) is 0 Å². The summed E-state index contributed by atoms with van der Waals surface area (Å²) >= 11 is 0. The predicted octanol–water partition coefficient (Wildman–Crippen LogP) is 2.56. The van der Waals surface area contributed by atoms with E-state index in [1.54, 1.807) is 7.05 Å². The van der Waals surface area contributed by atoms with Gasteiger partial charge in [0.15, 0.2) is 5.82 Å². The normalized spacial score (nSPS) is 11.9. The van der Waals surface area contributed by atoms with Gasteiger partial charge in [-0.05, 0) is 16.8 Å². The van der Waals surface area contributed by atoms with Crippen molar-refractivity contribution in [3.8, 4) is 11.4 Å². The molecule has 3 aromatic rings. The zero-order chi connectivity index (χ0) is 14.3. The monoisotopic (exact) mass is 307 g/mol. The van der Waals surface area contributed by atoms with Gasteiger partial charge in [-0.2, -0.15) is 0 Å². The first-order valence-electron chi connectivity index (χ1n) is 5.80. The summed E-state index contributed by atoms with van der Waals surface area (Å²) in [5, 5.41) is 9.43. The molecule has 0 aliphatic heterocycles. The second-order valence-corrected chi connectivity index (χ2v) is 6.82. The molecule has 102 valence electrons. The minimum atomic E-state index is -3.90. The average Bonchev–Trinajstić information content (AvgIpc) is 2.80. The number of rotatable bonds is 2. The van der Waals surface area contributed by atoms with E-state index in [2.05, 4.69) is 10.2 Å². The maximum absolute atomic E-state index is 11.4. The quantitative estimate of drug-likeness (QED) is 0.683. The van der Waals surface area contributed by atoms with Gasteiger partial charge < -0.3 is 0 Å². The Bertz CT molecular complexity index is 903. The standard InChI is InChI=1S/C13H10ClN3O2S/c1-17-12(15-16-13(17)20(14,18)19)11-7-6-9-4-2-3-5-10(9)8-11/h2-8H,1H3. The van der Waals surface area contributed by atoms with Crippen molar-refractivity contribution in [2.24, 2.45) is 7.05 Å². The molecule has 7 heteroatoms. The minimum absolute atomic E-state index is 0.262. The molecular weight excluding hydrogens is 298 g/mol. The van der Waals surface area contributed by atoms with Crippen molar-refractivity contribution < 1.29 is 8.42 Å². The number of halogens is 1. The van der Waals surface area contributed by atoms with E-state index in [4.69, 9.17) is 10.7 Å². The van der Waals surface area contributed by atoms with Gasteiger partial charge >= 0.3 is 0 Å². The fraction of sp³-hybridized carbons (Fsp3) is 0.0769. The Morgan fingerprint density at radius 3 is 2.40 bits per heavy atom. The number of aromatic nitrogens is 3. The zero-order valence-electron chi connectivity index (χ0n) is 10.5. The molecule has 0 unspecified atom stereocenters. The minimum Gasteiger partial charge on any atom is -0.300 e. The van der Waals surface area contributed by atoms with E-state index in [0.717, 1.165) is 16.3 Å². The smallest absolute Gasteiger partial charge is 0.296 e. The molecule has 0 saturated carbocycles. The highest BCUT2D eigenvalue weighted by Gasteiger charge is 2.20. The fourth-order valence-electron chi connectivity index (χ4n) is 2.11. The van der Waals surface area contributed by atoms with Gasteiger partial charge in [-0.25, -0.2) is 8.42 Å². The van der Waals surface area contributed by atoms with Crippen molar-refractivity contribution in [3.63, 3.8) is 0 Å². The molecule has 2 aromatic carbocycles. The molecule has 1 heterocycles. The topological polar surface area (TPSA) is 64.8 Å². The number of nitrogens with zero attached hydrogens (tertiary/aromatic N) is 3. The van der Waals surface area contributed by atoms with Crippen LogP contribution in [0.25, 0.3) is 22.2 Å². The SMILES string of the molecule is Cn1c(-c2ccc3ccccc3c2)nnc1S(=O)(=O)Cl. The molecule has 0 aliphatic carbocycles. The van der Waals surface area contributed by atoms with E-state index in [9.17, 15) is 8.42 Å². The summed E-state index contributed by atoms with van der Waals surface area (Å²) in [7, 11) is 2.98. The van der Waals surface area contributed by atoms with Gasteiger partial charge in [-0.3, -0.25) is 4.57 Å². The van der Waals surface area contributed by atoms with Crippen molar-refractivity contribution >= 4 is 30.5 Å². The van der Waals surface area contributed by atoms with Crippen molar-refractivity contribution in [1.82, 2.24) is 14.8 Å². The van der Waals surface area contributed by atoms with Crippen molar-refractivity contribution in [2.45, 2.75) is 5.16 Å². The highest BCUT2D eigenvalue weighted by atomic mass is 35.7. The van der Waals surface area contributed by atoms with Crippen LogP contribution in [0.2, 0.25) is 0 Å². The molecule has 3 rings (SSSR count). The lowest BCUT2D eigenvalue weighted by atomic mass is 10.1. The van der Waals surface area contributed by atoms with E-state index < -0.39 is 9.05 Å². The molecule has 0 bridgehead atoms. The number of benzene rings is 2. The molecule has 1 aromatic heterocycles. The zero-order valence-corrected chi connectivity index (χ0v) is 12.1.